The van der Waals surface area contributed by atoms with Crippen molar-refractivity contribution in [3.63, 3.8) is 0 Å². The molecule has 1 unspecified atom stereocenters. The molecule has 1 spiro atoms. The predicted molar refractivity (Wildman–Crippen MR) is 90.2 cm³/mol. The Hall–Kier alpha value is -1.92. The molecular formula is C17H20ClN3O3. The van der Waals surface area contributed by atoms with E-state index < -0.39 is 0 Å². The zero-order chi connectivity index (χ0) is 15.9. The van der Waals surface area contributed by atoms with Crippen LogP contribution in [0.1, 0.15) is 41.4 Å². The number of halogens is 1. The van der Waals surface area contributed by atoms with Crippen molar-refractivity contribution < 1.29 is 14.1 Å². The number of piperidine rings is 1. The van der Waals surface area contributed by atoms with E-state index in [-0.39, 0.29) is 18.4 Å². The standard InChI is InChI=1S/C17H19N3O3.ClH/c1-22-16(21)12-4-2-11(3-5-12)14-19-15(23-20-14)13-10-17(13)6-8-18-9-7-17;/h2-5,13,18H,6-10H2,1H3;1H. The van der Waals surface area contributed by atoms with Crippen molar-refractivity contribution in [2.75, 3.05) is 20.2 Å². The fourth-order valence-corrected chi connectivity index (χ4v) is 3.54. The van der Waals surface area contributed by atoms with Crippen LogP contribution in [0.15, 0.2) is 28.8 Å². The molecule has 4 rings (SSSR count). The molecule has 1 N–H and O–H groups in total. The van der Waals surface area contributed by atoms with Gasteiger partial charge < -0.3 is 14.6 Å². The average Bonchev–Trinajstić information content (AvgIpc) is 3.08. The molecule has 1 aromatic carbocycles. The number of hydrogen-bond donors (Lipinski definition) is 1. The molecule has 2 heterocycles. The van der Waals surface area contributed by atoms with E-state index in [4.69, 9.17) is 9.26 Å². The number of hydrogen-bond acceptors (Lipinski definition) is 6. The van der Waals surface area contributed by atoms with E-state index in [9.17, 15) is 4.79 Å². The summed E-state index contributed by atoms with van der Waals surface area (Å²) in [6, 6.07) is 7.05. The summed E-state index contributed by atoms with van der Waals surface area (Å²) in [5, 5.41) is 7.50. The highest BCUT2D eigenvalue weighted by atomic mass is 35.5. The minimum absolute atomic E-state index is 0. The third-order valence-electron chi connectivity index (χ3n) is 5.09. The van der Waals surface area contributed by atoms with Gasteiger partial charge in [0.15, 0.2) is 0 Å². The molecule has 0 radical (unpaired) electrons. The van der Waals surface area contributed by atoms with Gasteiger partial charge in [-0.3, -0.25) is 0 Å². The number of nitrogens with one attached hydrogen (secondary N) is 1. The van der Waals surface area contributed by atoms with E-state index >= 15 is 0 Å². The summed E-state index contributed by atoms with van der Waals surface area (Å²) < 4.78 is 10.2. The van der Waals surface area contributed by atoms with Gasteiger partial charge in [0.25, 0.3) is 0 Å². The SMILES string of the molecule is COC(=O)c1ccc(-c2noc(C3CC34CCNCC4)n2)cc1.Cl. The van der Waals surface area contributed by atoms with Crippen LogP contribution in [-0.2, 0) is 4.74 Å². The van der Waals surface area contributed by atoms with Crippen LogP contribution in [0.25, 0.3) is 11.4 Å². The summed E-state index contributed by atoms with van der Waals surface area (Å²) in [7, 11) is 1.37. The highest BCUT2D eigenvalue weighted by molar-refractivity contribution is 5.89. The number of methoxy groups -OCH3 is 1. The number of rotatable bonds is 3. The lowest BCUT2D eigenvalue weighted by Gasteiger charge is -2.22. The second-order valence-electron chi connectivity index (χ2n) is 6.39. The number of benzene rings is 1. The summed E-state index contributed by atoms with van der Waals surface area (Å²) >= 11 is 0. The molecule has 0 bridgehead atoms. The first-order valence-electron chi connectivity index (χ1n) is 7.95. The van der Waals surface area contributed by atoms with Crippen molar-refractivity contribution in [1.82, 2.24) is 15.5 Å². The molecule has 1 saturated carbocycles. The minimum atomic E-state index is -0.351. The van der Waals surface area contributed by atoms with E-state index in [0.29, 0.717) is 22.7 Å². The van der Waals surface area contributed by atoms with Gasteiger partial charge in [-0.15, -0.1) is 12.4 Å². The topological polar surface area (TPSA) is 77.2 Å². The van der Waals surface area contributed by atoms with Crippen LogP contribution in [-0.4, -0.2) is 36.3 Å². The molecule has 1 atom stereocenters. The fourth-order valence-electron chi connectivity index (χ4n) is 3.54. The maximum atomic E-state index is 11.5. The van der Waals surface area contributed by atoms with Crippen molar-refractivity contribution in [2.24, 2.45) is 5.41 Å². The van der Waals surface area contributed by atoms with Crippen LogP contribution in [0.2, 0.25) is 0 Å². The molecule has 24 heavy (non-hydrogen) atoms. The molecule has 1 aliphatic heterocycles. The maximum Gasteiger partial charge on any atom is 0.337 e. The first kappa shape index (κ1) is 16.9. The Morgan fingerprint density at radius 2 is 2.00 bits per heavy atom. The predicted octanol–water partition coefficient (Wildman–Crippen LogP) is 2.80. The van der Waals surface area contributed by atoms with Gasteiger partial charge in [0.1, 0.15) is 0 Å². The number of ether oxygens (including phenoxy) is 1. The second-order valence-corrected chi connectivity index (χ2v) is 6.39. The zero-order valence-electron chi connectivity index (χ0n) is 13.4. The van der Waals surface area contributed by atoms with Gasteiger partial charge >= 0.3 is 5.97 Å². The highest BCUT2D eigenvalue weighted by Gasteiger charge is 2.57. The largest absolute Gasteiger partial charge is 0.465 e. The molecule has 6 nitrogen and oxygen atoms in total. The molecule has 1 saturated heterocycles. The van der Waals surface area contributed by atoms with Crippen molar-refractivity contribution in [3.05, 3.63) is 35.7 Å². The van der Waals surface area contributed by atoms with Crippen molar-refractivity contribution in [1.29, 1.82) is 0 Å². The Morgan fingerprint density at radius 1 is 1.29 bits per heavy atom. The lowest BCUT2D eigenvalue weighted by atomic mass is 9.92. The van der Waals surface area contributed by atoms with E-state index in [1.807, 2.05) is 12.1 Å². The van der Waals surface area contributed by atoms with E-state index in [1.165, 1.54) is 20.0 Å². The third-order valence-corrected chi connectivity index (χ3v) is 5.09. The maximum absolute atomic E-state index is 11.5. The molecule has 1 aromatic heterocycles. The number of carbonyl (C=O) groups excluding carboxylic acids is 1. The summed E-state index contributed by atoms with van der Waals surface area (Å²) in [6.45, 7) is 2.15. The normalized spacial score (nSPS) is 21.1. The van der Waals surface area contributed by atoms with Crippen LogP contribution < -0.4 is 5.32 Å². The monoisotopic (exact) mass is 349 g/mol. The van der Waals surface area contributed by atoms with Gasteiger partial charge in [0.2, 0.25) is 11.7 Å². The molecule has 2 aliphatic rings. The fraction of sp³-hybridized carbons (Fsp3) is 0.471. The zero-order valence-corrected chi connectivity index (χ0v) is 14.3. The van der Waals surface area contributed by atoms with Gasteiger partial charge in [-0.05, 0) is 49.9 Å². The molecule has 128 valence electrons. The van der Waals surface area contributed by atoms with Gasteiger partial charge in [-0.25, -0.2) is 4.79 Å². The number of nitrogens with zero attached hydrogens (tertiary/aromatic N) is 2. The number of aromatic nitrogens is 2. The molecule has 2 aromatic rings. The van der Waals surface area contributed by atoms with Crippen LogP contribution in [0, 0.1) is 5.41 Å². The van der Waals surface area contributed by atoms with E-state index in [0.717, 1.165) is 31.0 Å². The van der Waals surface area contributed by atoms with Crippen LogP contribution >= 0.6 is 12.4 Å². The molecule has 7 heteroatoms. The van der Waals surface area contributed by atoms with Gasteiger partial charge in [0.05, 0.1) is 12.7 Å². The van der Waals surface area contributed by atoms with Crippen LogP contribution in [0.4, 0.5) is 0 Å². The van der Waals surface area contributed by atoms with E-state index in [2.05, 4.69) is 15.5 Å². The second kappa shape index (κ2) is 6.53. The first-order valence-corrected chi connectivity index (χ1v) is 7.95. The Kier molecular flexibility index (Phi) is 4.60. The summed E-state index contributed by atoms with van der Waals surface area (Å²) in [4.78, 5) is 16.0. The lowest BCUT2D eigenvalue weighted by molar-refractivity contribution is 0.0601. The highest BCUT2D eigenvalue weighted by Crippen LogP contribution is 2.63. The van der Waals surface area contributed by atoms with Crippen LogP contribution in [0.5, 0.6) is 0 Å². The molecular weight excluding hydrogens is 330 g/mol. The summed E-state index contributed by atoms with van der Waals surface area (Å²) in [6.07, 6.45) is 3.52. The smallest absolute Gasteiger partial charge is 0.337 e. The van der Waals surface area contributed by atoms with Gasteiger partial charge in [0, 0.05) is 11.5 Å². The Bertz CT molecular complexity index is 723. The van der Waals surface area contributed by atoms with Crippen molar-refractivity contribution in [2.45, 2.75) is 25.2 Å². The van der Waals surface area contributed by atoms with Gasteiger partial charge in [-0.2, -0.15) is 4.98 Å². The third kappa shape index (κ3) is 2.91. The minimum Gasteiger partial charge on any atom is -0.465 e. The van der Waals surface area contributed by atoms with Crippen molar-refractivity contribution in [3.8, 4) is 11.4 Å². The molecule has 2 fully saturated rings. The molecule has 0 amide bonds. The average molecular weight is 350 g/mol. The lowest BCUT2D eigenvalue weighted by Crippen LogP contribution is -2.29. The quantitative estimate of drug-likeness (QED) is 0.858. The summed E-state index contributed by atoms with van der Waals surface area (Å²) in [5.74, 6) is 1.38. The summed E-state index contributed by atoms with van der Waals surface area (Å²) in [5.41, 5.74) is 1.73. The van der Waals surface area contributed by atoms with E-state index in [1.54, 1.807) is 12.1 Å². The Morgan fingerprint density at radius 3 is 2.67 bits per heavy atom. The van der Waals surface area contributed by atoms with Gasteiger partial charge in [-0.1, -0.05) is 17.3 Å². The Labute approximate surface area is 146 Å². The first-order chi connectivity index (χ1) is 11.2. The van der Waals surface area contributed by atoms with Crippen molar-refractivity contribution >= 4 is 18.4 Å². The molecule has 1 aliphatic carbocycles. The number of esters is 1. The van der Waals surface area contributed by atoms with Crippen LogP contribution in [0.3, 0.4) is 0 Å². The Balaban J connectivity index is 0.00000169. The number of carbonyl (C=O) groups is 1.